The van der Waals surface area contributed by atoms with Crippen LogP contribution >= 0.6 is 22.6 Å². The lowest BCUT2D eigenvalue weighted by molar-refractivity contribution is -0.0289. The van der Waals surface area contributed by atoms with Crippen molar-refractivity contribution in [3.05, 3.63) is 118 Å². The summed E-state index contributed by atoms with van der Waals surface area (Å²) in [5, 5.41) is 0. The van der Waals surface area contributed by atoms with E-state index in [4.69, 9.17) is 4.74 Å². The van der Waals surface area contributed by atoms with Gasteiger partial charge in [0.15, 0.2) is 0 Å². The first-order valence-corrected chi connectivity index (χ1v) is 13.7. The lowest BCUT2D eigenvalue weighted by Gasteiger charge is -2.38. The molecule has 172 valence electrons. The van der Waals surface area contributed by atoms with E-state index >= 15 is 0 Å². The topological polar surface area (TPSA) is 9.23 Å². The highest BCUT2D eigenvalue weighted by atomic mass is 127. The molecule has 0 amide bonds. The number of rotatable bonds is 10. The summed E-state index contributed by atoms with van der Waals surface area (Å²) in [4.78, 5) is 0. The molecule has 1 unspecified atom stereocenters. The molecule has 0 spiro atoms. The molecule has 1 nitrogen and oxygen atoms in total. The number of hydrogen-bond acceptors (Lipinski definition) is 1. The summed E-state index contributed by atoms with van der Waals surface area (Å²) in [7, 11) is 0. The van der Waals surface area contributed by atoms with E-state index in [-0.39, 0.29) is 6.10 Å². The van der Waals surface area contributed by atoms with Crippen molar-refractivity contribution in [2.45, 2.75) is 63.1 Å². The molecule has 0 aliphatic heterocycles. The summed E-state index contributed by atoms with van der Waals surface area (Å²) in [5.41, 5.74) is 2.85. The second kappa shape index (κ2) is 12.5. The fraction of sp³-hybridized carbons (Fsp3) is 0.355. The van der Waals surface area contributed by atoms with Gasteiger partial charge >= 0.3 is 0 Å². The van der Waals surface area contributed by atoms with Crippen molar-refractivity contribution in [1.29, 1.82) is 0 Å². The van der Waals surface area contributed by atoms with E-state index in [2.05, 4.69) is 124 Å². The van der Waals surface area contributed by atoms with Crippen molar-refractivity contribution in [3.8, 4) is 0 Å². The highest BCUT2D eigenvalue weighted by molar-refractivity contribution is 14.1. The van der Waals surface area contributed by atoms with Crippen LogP contribution < -0.4 is 0 Å². The molecule has 0 N–H and O–H groups in total. The Morgan fingerprint density at radius 1 is 0.758 bits per heavy atom. The van der Waals surface area contributed by atoms with Crippen LogP contribution in [0.1, 0.15) is 68.1 Å². The van der Waals surface area contributed by atoms with Gasteiger partial charge in [0, 0.05) is 0 Å². The molecule has 0 bridgehead atoms. The summed E-state index contributed by atoms with van der Waals surface area (Å²) >= 11 is 2.33. The maximum absolute atomic E-state index is 7.23. The Kier molecular flexibility index (Phi) is 9.19. The third kappa shape index (κ3) is 6.16. The van der Waals surface area contributed by atoms with Crippen molar-refractivity contribution in [3.63, 3.8) is 0 Å². The molecular weight excluding hydrogens is 515 g/mol. The Bertz CT molecular complexity index is 865. The first-order chi connectivity index (χ1) is 16.3. The van der Waals surface area contributed by atoms with Crippen molar-refractivity contribution >= 4 is 22.6 Å². The third-order valence-electron chi connectivity index (χ3n) is 6.98. The lowest BCUT2D eigenvalue weighted by atomic mass is 9.79. The molecular formula is C31H35IO. The molecule has 1 aliphatic carbocycles. The fourth-order valence-electron chi connectivity index (χ4n) is 5.31. The largest absolute Gasteiger partial charge is 0.354 e. The summed E-state index contributed by atoms with van der Waals surface area (Å²) in [6.45, 7) is 0. The predicted molar refractivity (Wildman–Crippen MR) is 148 cm³/mol. The van der Waals surface area contributed by atoms with Crippen LogP contribution in [0.4, 0.5) is 0 Å². The SMILES string of the molecule is I/C=C/C(CCCC1CCCCC1)OC(c1ccccc1)(c1ccccc1)c1ccccc1. The van der Waals surface area contributed by atoms with Gasteiger partial charge in [-0.2, -0.15) is 0 Å². The van der Waals surface area contributed by atoms with Crippen molar-refractivity contribution < 1.29 is 4.74 Å². The normalized spacial score (nSPS) is 16.2. The Labute approximate surface area is 213 Å². The highest BCUT2D eigenvalue weighted by Gasteiger charge is 2.39. The number of ether oxygens (including phenoxy) is 1. The standard InChI is InChI=1S/C31H35IO/c32-25-24-30(23-13-16-26-14-5-1-6-15-26)33-31(27-17-7-2-8-18-27,28-19-9-3-10-20-28)29-21-11-4-12-22-29/h2-4,7-12,17-22,24-26,30H,1,5-6,13-16,23H2/b25-24+. The maximum atomic E-state index is 7.23. The molecule has 1 aliphatic rings. The Morgan fingerprint density at radius 2 is 1.24 bits per heavy atom. The van der Waals surface area contributed by atoms with Gasteiger partial charge < -0.3 is 4.74 Å². The lowest BCUT2D eigenvalue weighted by Crippen LogP contribution is -2.36. The van der Waals surface area contributed by atoms with E-state index in [9.17, 15) is 0 Å². The van der Waals surface area contributed by atoms with Crippen molar-refractivity contribution in [2.24, 2.45) is 5.92 Å². The van der Waals surface area contributed by atoms with E-state index in [1.807, 2.05) is 0 Å². The number of halogens is 1. The van der Waals surface area contributed by atoms with Crippen LogP contribution in [0.25, 0.3) is 0 Å². The minimum atomic E-state index is -0.657. The molecule has 1 atom stereocenters. The molecule has 0 heterocycles. The zero-order valence-corrected chi connectivity index (χ0v) is 21.6. The summed E-state index contributed by atoms with van der Waals surface area (Å²) in [6, 6.07) is 32.1. The van der Waals surface area contributed by atoms with E-state index in [1.54, 1.807) is 0 Å². The molecule has 2 heteroatoms. The van der Waals surface area contributed by atoms with Crippen molar-refractivity contribution in [2.75, 3.05) is 0 Å². The van der Waals surface area contributed by atoms with Crippen LogP contribution in [-0.2, 0) is 10.3 Å². The average molecular weight is 551 g/mol. The van der Waals surface area contributed by atoms with Crippen LogP contribution in [0.2, 0.25) is 0 Å². The van der Waals surface area contributed by atoms with E-state index in [0.29, 0.717) is 0 Å². The van der Waals surface area contributed by atoms with E-state index in [0.717, 1.165) is 12.3 Å². The molecule has 33 heavy (non-hydrogen) atoms. The minimum Gasteiger partial charge on any atom is -0.354 e. The number of hydrogen-bond donors (Lipinski definition) is 0. The molecule has 0 saturated heterocycles. The van der Waals surface area contributed by atoms with Gasteiger partial charge in [-0.15, -0.1) is 0 Å². The Morgan fingerprint density at radius 3 is 1.70 bits per heavy atom. The first-order valence-electron chi connectivity index (χ1n) is 12.4. The number of benzene rings is 3. The first kappa shape index (κ1) is 24.2. The molecule has 0 radical (unpaired) electrons. The molecule has 0 aromatic heterocycles. The summed E-state index contributed by atoms with van der Waals surface area (Å²) in [5.74, 6) is 0.908. The summed E-state index contributed by atoms with van der Waals surface area (Å²) in [6.07, 6.45) is 12.9. The smallest absolute Gasteiger partial charge is 0.144 e. The summed E-state index contributed by atoms with van der Waals surface area (Å²) < 4.78 is 9.35. The van der Waals surface area contributed by atoms with Crippen molar-refractivity contribution in [1.82, 2.24) is 0 Å². The highest BCUT2D eigenvalue weighted by Crippen LogP contribution is 2.42. The molecule has 3 aromatic rings. The zero-order chi connectivity index (χ0) is 22.8. The van der Waals surface area contributed by atoms with Gasteiger partial charge in [-0.05, 0) is 39.2 Å². The van der Waals surface area contributed by atoms with Crippen LogP contribution in [0.3, 0.4) is 0 Å². The monoisotopic (exact) mass is 550 g/mol. The molecule has 4 rings (SSSR count). The van der Waals surface area contributed by atoms with E-state index < -0.39 is 5.60 Å². The van der Waals surface area contributed by atoms with Gasteiger partial charge in [0.2, 0.25) is 0 Å². The van der Waals surface area contributed by atoms with Gasteiger partial charge in [-0.3, -0.25) is 0 Å². The van der Waals surface area contributed by atoms with Crippen LogP contribution in [0.15, 0.2) is 101 Å². The Balaban J connectivity index is 1.68. The predicted octanol–water partition coefficient (Wildman–Crippen LogP) is 9.06. The quantitative estimate of drug-likeness (QED) is 0.181. The van der Waals surface area contributed by atoms with Crippen LogP contribution in [0, 0.1) is 5.92 Å². The third-order valence-corrected chi connectivity index (χ3v) is 7.40. The molecule has 1 saturated carbocycles. The van der Waals surface area contributed by atoms with Gasteiger partial charge in [0.05, 0.1) is 6.10 Å². The van der Waals surface area contributed by atoms with Crippen LogP contribution in [0.5, 0.6) is 0 Å². The van der Waals surface area contributed by atoms with Gasteiger partial charge in [-0.1, -0.05) is 159 Å². The molecule has 3 aromatic carbocycles. The average Bonchev–Trinajstić information content (AvgIpc) is 2.89. The maximum Gasteiger partial charge on any atom is 0.144 e. The van der Waals surface area contributed by atoms with E-state index in [1.165, 1.54) is 61.6 Å². The zero-order valence-electron chi connectivity index (χ0n) is 19.4. The minimum absolute atomic E-state index is 0.0473. The van der Waals surface area contributed by atoms with Gasteiger partial charge in [0.1, 0.15) is 5.60 Å². The fourth-order valence-corrected chi connectivity index (χ4v) is 5.77. The van der Waals surface area contributed by atoms with Crippen LogP contribution in [-0.4, -0.2) is 6.10 Å². The van der Waals surface area contributed by atoms with Gasteiger partial charge in [-0.25, -0.2) is 0 Å². The Hall–Kier alpha value is -1.91. The van der Waals surface area contributed by atoms with Gasteiger partial charge in [0.25, 0.3) is 0 Å². The second-order valence-electron chi connectivity index (χ2n) is 9.19. The second-order valence-corrected chi connectivity index (χ2v) is 9.91. The molecule has 1 fully saturated rings.